The molecule has 6 rings (SSSR count). The van der Waals surface area contributed by atoms with E-state index in [9.17, 15) is 9.90 Å². The van der Waals surface area contributed by atoms with E-state index in [0.29, 0.717) is 0 Å². The van der Waals surface area contributed by atoms with Crippen LogP contribution in [0, 0.1) is 0 Å². The summed E-state index contributed by atoms with van der Waals surface area (Å²) >= 11 is 0. The molecule has 5 aromatic rings. The van der Waals surface area contributed by atoms with Crippen LogP contribution in [0.1, 0.15) is 31.7 Å². The van der Waals surface area contributed by atoms with E-state index in [1.807, 2.05) is 42.2 Å². The van der Waals surface area contributed by atoms with Crippen LogP contribution in [-0.4, -0.2) is 40.1 Å². The van der Waals surface area contributed by atoms with Crippen molar-refractivity contribution in [1.82, 2.24) is 28.9 Å². The largest absolute Gasteiger partial charge is 0.393 e. The monoisotopic (exact) mass is 454 g/mol. The molecule has 0 aliphatic heterocycles. The van der Waals surface area contributed by atoms with Gasteiger partial charge in [0, 0.05) is 49.0 Å². The van der Waals surface area contributed by atoms with E-state index in [-0.39, 0.29) is 17.8 Å². The maximum atomic E-state index is 13.3. The van der Waals surface area contributed by atoms with Gasteiger partial charge < -0.3 is 5.11 Å². The van der Waals surface area contributed by atoms with E-state index in [4.69, 9.17) is 0 Å². The number of aryl methyl sites for hydroxylation is 2. The predicted molar refractivity (Wildman–Crippen MR) is 131 cm³/mol. The molecule has 0 atom stereocenters. The van der Waals surface area contributed by atoms with Gasteiger partial charge in [-0.3, -0.25) is 23.8 Å². The Hall–Kier alpha value is -3.78. The SMILES string of the molecule is Cn1cc(-c2ccc(-c3ccc4ncc5c(c4c3)n([C@H]3CC[C@@H](O)CC3)c(=O)n5C)cn2)cn1. The maximum Gasteiger partial charge on any atom is 0.329 e. The first-order valence-electron chi connectivity index (χ1n) is 11.6. The van der Waals surface area contributed by atoms with Gasteiger partial charge in [0.25, 0.3) is 0 Å². The summed E-state index contributed by atoms with van der Waals surface area (Å²) < 4.78 is 5.38. The molecule has 172 valence electrons. The molecule has 4 heterocycles. The molecule has 0 radical (unpaired) electrons. The third-order valence-corrected chi connectivity index (χ3v) is 7.04. The third kappa shape index (κ3) is 3.33. The summed E-state index contributed by atoms with van der Waals surface area (Å²) in [5.74, 6) is 0. The van der Waals surface area contributed by atoms with Gasteiger partial charge in [-0.15, -0.1) is 0 Å². The minimum absolute atomic E-state index is 0.0291. The van der Waals surface area contributed by atoms with Crippen molar-refractivity contribution in [2.75, 3.05) is 0 Å². The Kier molecular flexibility index (Phi) is 4.84. The predicted octanol–water partition coefficient (Wildman–Crippen LogP) is 3.83. The molecule has 0 bridgehead atoms. The number of hydrogen-bond donors (Lipinski definition) is 1. The average molecular weight is 455 g/mol. The molecule has 0 spiro atoms. The quantitative estimate of drug-likeness (QED) is 0.447. The minimum atomic E-state index is -0.269. The molecule has 0 saturated heterocycles. The first-order valence-corrected chi connectivity index (χ1v) is 11.6. The Morgan fingerprint density at radius 1 is 0.912 bits per heavy atom. The fourth-order valence-electron chi connectivity index (χ4n) is 5.15. The fourth-order valence-corrected chi connectivity index (χ4v) is 5.15. The second-order valence-corrected chi connectivity index (χ2v) is 9.23. The van der Waals surface area contributed by atoms with Crippen LogP contribution in [0.25, 0.3) is 44.3 Å². The summed E-state index contributed by atoms with van der Waals surface area (Å²) in [6.07, 6.45) is 10.2. The Balaban J connectivity index is 1.48. The summed E-state index contributed by atoms with van der Waals surface area (Å²) in [6.45, 7) is 0. The Morgan fingerprint density at radius 2 is 1.71 bits per heavy atom. The van der Waals surface area contributed by atoms with Gasteiger partial charge >= 0.3 is 5.69 Å². The topological polar surface area (TPSA) is 90.8 Å². The van der Waals surface area contributed by atoms with Crippen LogP contribution in [-0.2, 0) is 14.1 Å². The Labute approximate surface area is 196 Å². The second-order valence-electron chi connectivity index (χ2n) is 9.23. The molecule has 8 nitrogen and oxygen atoms in total. The molecule has 1 fully saturated rings. The van der Waals surface area contributed by atoms with Gasteiger partial charge in [-0.05, 0) is 49.4 Å². The molecule has 1 aliphatic rings. The van der Waals surface area contributed by atoms with Gasteiger partial charge in [0.2, 0.25) is 0 Å². The van der Waals surface area contributed by atoms with Gasteiger partial charge in [-0.25, -0.2) is 4.79 Å². The minimum Gasteiger partial charge on any atom is -0.393 e. The molecule has 1 saturated carbocycles. The third-order valence-electron chi connectivity index (χ3n) is 7.04. The molecule has 0 amide bonds. The summed E-state index contributed by atoms with van der Waals surface area (Å²) in [7, 11) is 3.69. The van der Waals surface area contributed by atoms with Gasteiger partial charge in [-0.2, -0.15) is 5.10 Å². The van der Waals surface area contributed by atoms with Crippen molar-refractivity contribution in [1.29, 1.82) is 0 Å². The molecule has 1 N–H and O–H groups in total. The molecular weight excluding hydrogens is 428 g/mol. The number of fused-ring (bicyclic) bond motifs is 3. The number of aromatic nitrogens is 6. The van der Waals surface area contributed by atoms with Crippen LogP contribution in [0.5, 0.6) is 0 Å². The number of hydrogen-bond acceptors (Lipinski definition) is 5. The van der Waals surface area contributed by atoms with Crippen molar-refractivity contribution in [2.45, 2.75) is 37.8 Å². The summed E-state index contributed by atoms with van der Waals surface area (Å²) in [5.41, 5.74) is 6.44. The van der Waals surface area contributed by atoms with E-state index >= 15 is 0 Å². The zero-order valence-corrected chi connectivity index (χ0v) is 19.2. The molecule has 1 aromatic carbocycles. The van der Waals surface area contributed by atoms with Crippen molar-refractivity contribution in [3.8, 4) is 22.4 Å². The zero-order valence-electron chi connectivity index (χ0n) is 19.2. The summed E-state index contributed by atoms with van der Waals surface area (Å²) in [4.78, 5) is 22.5. The van der Waals surface area contributed by atoms with Crippen LogP contribution >= 0.6 is 0 Å². The average Bonchev–Trinajstić information content (AvgIpc) is 3.41. The highest BCUT2D eigenvalue weighted by Gasteiger charge is 2.26. The van der Waals surface area contributed by atoms with Gasteiger partial charge in [-0.1, -0.05) is 12.1 Å². The summed E-state index contributed by atoms with van der Waals surface area (Å²) in [6, 6.07) is 10.3. The number of nitrogens with zero attached hydrogens (tertiary/aromatic N) is 6. The number of imidazole rings is 1. The van der Waals surface area contributed by atoms with E-state index < -0.39 is 0 Å². The first-order chi connectivity index (χ1) is 16.5. The lowest BCUT2D eigenvalue weighted by Gasteiger charge is -2.26. The lowest BCUT2D eigenvalue weighted by molar-refractivity contribution is 0.111. The van der Waals surface area contributed by atoms with Crippen molar-refractivity contribution >= 4 is 21.9 Å². The lowest BCUT2D eigenvalue weighted by Crippen LogP contribution is -2.29. The van der Waals surface area contributed by atoms with Gasteiger partial charge in [0.05, 0.1) is 40.7 Å². The van der Waals surface area contributed by atoms with Crippen LogP contribution in [0.4, 0.5) is 0 Å². The normalized spacial score (nSPS) is 18.7. The van der Waals surface area contributed by atoms with E-state index in [1.165, 1.54) is 0 Å². The molecule has 1 aliphatic carbocycles. The molecule has 4 aromatic heterocycles. The highest BCUT2D eigenvalue weighted by atomic mass is 16.3. The van der Waals surface area contributed by atoms with Gasteiger partial charge in [0.15, 0.2) is 0 Å². The van der Waals surface area contributed by atoms with Crippen LogP contribution in [0.2, 0.25) is 0 Å². The van der Waals surface area contributed by atoms with E-state index in [1.54, 1.807) is 28.7 Å². The summed E-state index contributed by atoms with van der Waals surface area (Å²) in [5, 5.41) is 15.2. The standard InChI is InChI=1S/C26H26N6O2/c1-30-15-18(13-29-30)22-9-4-17(12-27-22)16-3-10-23-21(11-16)25-24(14-28-23)31(2)26(34)32(25)19-5-7-20(33)8-6-19/h3-4,9-15,19-20,33H,5-8H2,1-2H3/t19-,20+. The van der Waals surface area contributed by atoms with Crippen molar-refractivity contribution < 1.29 is 5.11 Å². The van der Waals surface area contributed by atoms with E-state index in [2.05, 4.69) is 27.2 Å². The number of aliphatic hydroxyl groups is 1. The maximum absolute atomic E-state index is 13.3. The van der Waals surface area contributed by atoms with Crippen LogP contribution in [0.15, 0.2) is 59.9 Å². The zero-order chi connectivity index (χ0) is 23.4. The fraction of sp³-hybridized carbons (Fsp3) is 0.308. The number of benzene rings is 1. The molecule has 8 heteroatoms. The first kappa shape index (κ1) is 20.8. The molecular formula is C26H26N6O2. The number of pyridine rings is 2. The van der Waals surface area contributed by atoms with Crippen molar-refractivity contribution in [3.63, 3.8) is 0 Å². The highest BCUT2D eigenvalue weighted by molar-refractivity contribution is 6.04. The van der Waals surface area contributed by atoms with Crippen molar-refractivity contribution in [3.05, 3.63) is 65.6 Å². The van der Waals surface area contributed by atoms with Gasteiger partial charge in [0.1, 0.15) is 0 Å². The highest BCUT2D eigenvalue weighted by Crippen LogP contribution is 2.34. The lowest BCUT2D eigenvalue weighted by atomic mass is 9.92. The van der Waals surface area contributed by atoms with Crippen LogP contribution < -0.4 is 5.69 Å². The van der Waals surface area contributed by atoms with E-state index in [0.717, 1.165) is 70.0 Å². The molecule has 0 unspecified atom stereocenters. The Bertz CT molecular complexity index is 1570. The Morgan fingerprint density at radius 3 is 2.41 bits per heavy atom. The second kappa shape index (κ2) is 7.92. The van der Waals surface area contributed by atoms with Crippen LogP contribution in [0.3, 0.4) is 0 Å². The molecule has 34 heavy (non-hydrogen) atoms. The number of rotatable bonds is 3. The smallest absolute Gasteiger partial charge is 0.329 e. The number of aliphatic hydroxyl groups excluding tert-OH is 1. The van der Waals surface area contributed by atoms with Crippen molar-refractivity contribution in [2.24, 2.45) is 14.1 Å².